The van der Waals surface area contributed by atoms with Crippen molar-refractivity contribution in [3.63, 3.8) is 0 Å². The van der Waals surface area contributed by atoms with Crippen molar-refractivity contribution in [1.29, 1.82) is 0 Å². The quantitative estimate of drug-likeness (QED) is 0.314. The van der Waals surface area contributed by atoms with E-state index in [4.69, 9.17) is 21.0 Å². The van der Waals surface area contributed by atoms with E-state index in [0.29, 0.717) is 0 Å². The summed E-state index contributed by atoms with van der Waals surface area (Å²) in [6, 6.07) is 0. The van der Waals surface area contributed by atoms with Crippen LogP contribution in [0.15, 0.2) is 0 Å². The van der Waals surface area contributed by atoms with Gasteiger partial charge in [-0.2, -0.15) is 0 Å². The van der Waals surface area contributed by atoms with Gasteiger partial charge in [-0.15, -0.1) is 0 Å². The molecule has 0 aliphatic heterocycles. The zero-order valence-corrected chi connectivity index (χ0v) is 16.5. The molecule has 0 bridgehead atoms. The predicted molar refractivity (Wildman–Crippen MR) is 95.1 cm³/mol. The Morgan fingerprint density at radius 1 is 0.737 bits per heavy atom. The first-order valence-corrected chi connectivity index (χ1v) is 12.2. The molecule has 0 aliphatic rings. The van der Waals surface area contributed by atoms with Crippen LogP contribution in [0.5, 0.6) is 0 Å². The van der Waals surface area contributed by atoms with E-state index in [0.717, 1.165) is 0 Å². The van der Waals surface area contributed by atoms with Gasteiger partial charge < -0.3 is 21.0 Å². The van der Waals surface area contributed by atoms with Gasteiger partial charge in [0.1, 0.15) is 0 Å². The second-order valence-electron chi connectivity index (χ2n) is 4.06. The fraction of sp³-hybridized carbons (Fsp3) is 1.00. The molecule has 0 aliphatic carbocycles. The summed E-state index contributed by atoms with van der Waals surface area (Å²) in [6.07, 6.45) is 13.4. The first-order valence-electron chi connectivity index (χ1n) is 6.67. The van der Waals surface area contributed by atoms with E-state index in [2.05, 4.69) is 33.3 Å². The normalized spacial score (nSPS) is 8.37. The predicted octanol–water partition coefficient (Wildman–Crippen LogP) is 6.13. The second-order valence-corrected chi connectivity index (χ2v) is 7.06. The van der Waals surface area contributed by atoms with Crippen LogP contribution in [-0.4, -0.2) is 18.5 Å². The van der Waals surface area contributed by atoms with Crippen LogP contribution < -0.4 is 0 Å². The summed E-state index contributed by atoms with van der Waals surface area (Å²) < 4.78 is 0. The molecule has 0 unspecified atom stereocenters. The molecule has 0 aromatic carbocycles. The zero-order chi connectivity index (χ0) is 15.9. The number of nitroso groups, excluding NO2 is 2. The average molecular weight is 449 g/mol. The molecule has 4 nitrogen and oxygen atoms in total. The van der Waals surface area contributed by atoms with Crippen LogP contribution in [-0.2, 0) is 12.5 Å². The van der Waals surface area contributed by atoms with E-state index >= 15 is 0 Å². The van der Waals surface area contributed by atoms with E-state index in [1.807, 2.05) is 20.4 Å². The minimum absolute atomic E-state index is 0.0675. The van der Waals surface area contributed by atoms with Crippen molar-refractivity contribution in [3.8, 4) is 0 Å². The molecule has 19 heavy (non-hydrogen) atoms. The Hall–Kier alpha value is 0.866. The molecule has 0 heterocycles. The Morgan fingerprint density at radius 3 is 1.11 bits per heavy atom. The average Bonchev–Trinajstić information content (AvgIpc) is 2.52. The number of hydrogen-bond donors (Lipinski definition) is 0. The van der Waals surface area contributed by atoms with E-state index < -0.39 is 0 Å². The molecule has 0 radical (unpaired) electrons. The van der Waals surface area contributed by atoms with E-state index in [-0.39, 0.29) is 7.92 Å². The van der Waals surface area contributed by atoms with Crippen LogP contribution in [0.2, 0.25) is 0 Å². The zero-order valence-electron chi connectivity index (χ0n) is 12.3. The molecule has 0 aromatic rings. The first kappa shape index (κ1) is 28.1. The fourth-order valence-electron chi connectivity index (χ4n) is 1.66. The largest absolute Gasteiger partial charge is 0.577 e. The third-order valence-corrected chi connectivity index (χ3v) is 5.83. The molecule has 7 heteroatoms. The summed E-state index contributed by atoms with van der Waals surface area (Å²) in [4.78, 5) is 14.5. The smallest absolute Gasteiger partial charge is 0.423 e. The Morgan fingerprint density at radius 2 is 0.947 bits per heavy atom. The molecule has 0 spiro atoms. The summed E-state index contributed by atoms with van der Waals surface area (Å²) in [5, 5.41) is 0. The van der Waals surface area contributed by atoms with Crippen molar-refractivity contribution in [2.24, 2.45) is 0 Å². The van der Waals surface area contributed by atoms with Crippen LogP contribution in [0.4, 0.5) is 0 Å². The fourth-order valence-corrected chi connectivity index (χ4v) is 4.97. The van der Waals surface area contributed by atoms with Crippen molar-refractivity contribution >= 4 is 28.3 Å². The van der Waals surface area contributed by atoms with E-state index in [9.17, 15) is 0 Å². The van der Waals surface area contributed by atoms with Crippen molar-refractivity contribution in [2.75, 3.05) is 18.5 Å². The van der Waals surface area contributed by atoms with Crippen LogP contribution in [0.3, 0.4) is 0 Å². The molecule has 0 N–H and O–H groups in total. The monoisotopic (exact) mass is 449 g/mol. The maximum atomic E-state index is 7.25. The number of nitrogens with zero attached hydrogens (tertiary/aromatic N) is 2. The van der Waals surface area contributed by atoms with E-state index in [1.165, 1.54) is 38.5 Å². The van der Waals surface area contributed by atoms with Crippen molar-refractivity contribution in [3.05, 3.63) is 21.0 Å². The molecule has 0 fully saturated rings. The molecule has 0 saturated heterocycles. The summed E-state index contributed by atoms with van der Waals surface area (Å²) >= 11 is 5.37. The van der Waals surface area contributed by atoms with Gasteiger partial charge in [-0.05, 0) is 19.3 Å². The maximum absolute atomic E-state index is 7.25. The molecular formula is C12H28CoIN2O2P-. The Labute approximate surface area is 139 Å². The van der Waals surface area contributed by atoms with Crippen molar-refractivity contribution in [1.82, 2.24) is 0 Å². The van der Waals surface area contributed by atoms with Crippen LogP contribution in [0.25, 0.3) is 11.2 Å². The minimum atomic E-state index is 0.0675. The van der Waals surface area contributed by atoms with Crippen molar-refractivity contribution < 1.29 is 12.5 Å². The summed E-state index contributed by atoms with van der Waals surface area (Å²) in [6.45, 7) is 6.96. The number of rotatable bonds is 9. The van der Waals surface area contributed by atoms with Gasteiger partial charge in [0.25, 0.3) is 0 Å². The molecule has 120 valence electrons. The Kier molecular flexibility index (Phi) is 53.8. The molecule has 0 aromatic heterocycles. The van der Waals surface area contributed by atoms with Gasteiger partial charge >= 0.3 is 32.9 Å². The maximum Gasteiger partial charge on any atom is -0.423 e. The minimum Gasteiger partial charge on any atom is -0.577 e. The second kappa shape index (κ2) is 36.4. The Balaban J connectivity index is -0.000000163. The third kappa shape index (κ3) is 32.4. The summed E-state index contributed by atoms with van der Waals surface area (Å²) in [5.74, 6) is 0. The van der Waals surface area contributed by atoms with Gasteiger partial charge in [0, 0.05) is 7.92 Å². The Bertz CT molecular complexity index is 119. The van der Waals surface area contributed by atoms with Crippen molar-refractivity contribution in [2.45, 2.75) is 59.3 Å². The third-order valence-electron chi connectivity index (χ3n) is 2.65. The van der Waals surface area contributed by atoms with Gasteiger partial charge in [-0.1, -0.05) is 40.0 Å². The van der Waals surface area contributed by atoms with Gasteiger partial charge in [-0.25, -0.2) is 0 Å². The number of halogens is 1. The standard InChI is InChI=1S/C12H27P.Co.HI.2NO/c1-4-7-10-13(11-8-5-2)12-9-6-3;;;2*1-2/h4-12H2,1-3H3;;1H;;/q;+1;;2*-1. The van der Waals surface area contributed by atoms with Gasteiger partial charge in [0.2, 0.25) is 0 Å². The first-order chi connectivity index (χ1) is 9.35. The molecule has 0 atom stereocenters. The topological polar surface area (TPSA) is 78.7 Å². The molecule has 0 rings (SSSR count). The number of hydrogen-bond acceptors (Lipinski definition) is 2. The molecular weight excluding hydrogens is 421 g/mol. The number of unbranched alkanes of at least 4 members (excludes halogenated alkanes) is 3. The van der Waals surface area contributed by atoms with Gasteiger partial charge in [0.05, 0.1) is 18.5 Å². The van der Waals surface area contributed by atoms with Crippen LogP contribution in [0, 0.1) is 9.81 Å². The summed E-state index contributed by atoms with van der Waals surface area (Å²) in [5.41, 5.74) is 11.5. The molecule has 0 saturated carbocycles. The SMILES string of the molecule is CCCC[PH+](CCCC)CCCC.[Co][I].[N-]=O.[N-]=O. The molecule has 0 amide bonds. The van der Waals surface area contributed by atoms with Crippen LogP contribution >= 0.6 is 28.3 Å². The summed E-state index contributed by atoms with van der Waals surface area (Å²) in [7, 11) is 0.0675. The van der Waals surface area contributed by atoms with Gasteiger partial charge in [-0.3, -0.25) is 0 Å². The van der Waals surface area contributed by atoms with Gasteiger partial charge in [0.15, 0.2) is 0 Å². The van der Waals surface area contributed by atoms with E-state index in [1.54, 1.807) is 18.5 Å². The van der Waals surface area contributed by atoms with Crippen LogP contribution in [0.1, 0.15) is 59.3 Å².